The van der Waals surface area contributed by atoms with Crippen molar-refractivity contribution < 1.29 is 0 Å². The van der Waals surface area contributed by atoms with E-state index in [1.165, 1.54) is 116 Å². The van der Waals surface area contributed by atoms with Crippen molar-refractivity contribution >= 4 is 39.6 Å². The predicted molar refractivity (Wildman–Crippen MR) is 255 cm³/mol. The van der Waals surface area contributed by atoms with Gasteiger partial charge in [-0.1, -0.05) is 191 Å². The van der Waals surface area contributed by atoms with Crippen LogP contribution >= 0.6 is 11.8 Å². The average Bonchev–Trinajstić information content (AvgIpc) is 3.81. The minimum Gasteiger partial charge on any atom is -0.309 e. The molecule has 0 saturated carbocycles. The maximum Gasteiger partial charge on any atom is 0.0736 e. The fourth-order valence-corrected chi connectivity index (χ4v) is 13.2. The normalized spacial score (nSPS) is 15.9. The Balaban J connectivity index is 1.16. The molecule has 1 nitrogen and oxygen atoms in total. The SMILES string of the molecule is CC1(C)c2ccccc2-c2ccc(N(c3ccc4c(c3)C(C)(C)c3ccccc3-4)c3c4c(cc5ccccc35)C3(c5ccccc5S4)c4ccccc4-c4ccccc43)cc21. The van der Waals surface area contributed by atoms with E-state index >= 15 is 0 Å². The van der Waals surface area contributed by atoms with Crippen LogP contribution in [0.5, 0.6) is 0 Å². The lowest BCUT2D eigenvalue weighted by Crippen LogP contribution is -2.32. The van der Waals surface area contributed by atoms with Crippen molar-refractivity contribution in [1.29, 1.82) is 0 Å². The van der Waals surface area contributed by atoms with Gasteiger partial charge in [0.2, 0.25) is 0 Å². The summed E-state index contributed by atoms with van der Waals surface area (Å²) in [4.78, 5) is 5.23. The van der Waals surface area contributed by atoms with Gasteiger partial charge in [0.05, 0.1) is 11.1 Å². The second-order valence-corrected chi connectivity index (χ2v) is 19.5. The summed E-state index contributed by atoms with van der Waals surface area (Å²) in [6.07, 6.45) is 0. The van der Waals surface area contributed by atoms with Gasteiger partial charge in [-0.3, -0.25) is 0 Å². The lowest BCUT2D eigenvalue weighted by atomic mass is 9.67. The zero-order chi connectivity index (χ0) is 40.8. The number of hydrogen-bond acceptors (Lipinski definition) is 2. The summed E-state index contributed by atoms with van der Waals surface area (Å²) < 4.78 is 0. The standard InChI is InChI=1S/C59H43NS/c1-57(2)46-23-11-7-19-40(46)44-31-29-37(34-51(44)57)60(38-30-32-45-41-20-8-12-24-47(41)58(3,4)52(45)35-38)55-39-18-6-5-17-36(39)33-53-56(55)61-54-28-16-15-27-50(54)59(53)48-25-13-9-21-42(48)43-22-10-14-26-49(43)59/h5-35H,1-4H3. The monoisotopic (exact) mass is 797 g/mol. The molecular weight excluding hydrogens is 755 g/mol. The lowest BCUT2D eigenvalue weighted by Gasteiger charge is -2.42. The van der Waals surface area contributed by atoms with E-state index < -0.39 is 5.41 Å². The van der Waals surface area contributed by atoms with Crippen LogP contribution in [0, 0.1) is 0 Å². The van der Waals surface area contributed by atoms with E-state index in [9.17, 15) is 0 Å². The quantitative estimate of drug-likeness (QED) is 0.175. The summed E-state index contributed by atoms with van der Waals surface area (Å²) >= 11 is 1.94. The number of nitrogens with zero attached hydrogens (tertiary/aromatic N) is 1. The highest BCUT2D eigenvalue weighted by Crippen LogP contribution is 2.65. The van der Waals surface area contributed by atoms with Crippen molar-refractivity contribution in [2.24, 2.45) is 0 Å². The molecule has 0 atom stereocenters. The largest absolute Gasteiger partial charge is 0.309 e. The van der Waals surface area contributed by atoms with Gasteiger partial charge in [-0.05, 0) is 120 Å². The van der Waals surface area contributed by atoms with E-state index in [2.05, 4.69) is 221 Å². The molecule has 1 heterocycles. The molecule has 61 heavy (non-hydrogen) atoms. The van der Waals surface area contributed by atoms with E-state index in [0.29, 0.717) is 0 Å². The average molecular weight is 798 g/mol. The second-order valence-electron chi connectivity index (χ2n) is 18.4. The van der Waals surface area contributed by atoms with Crippen molar-refractivity contribution in [3.63, 3.8) is 0 Å². The molecule has 9 aromatic rings. The lowest BCUT2D eigenvalue weighted by molar-refractivity contribution is 0.660. The first-order valence-corrected chi connectivity index (χ1v) is 22.4. The van der Waals surface area contributed by atoms with Gasteiger partial charge >= 0.3 is 0 Å². The van der Waals surface area contributed by atoms with Crippen LogP contribution in [0.1, 0.15) is 72.2 Å². The maximum atomic E-state index is 2.63. The maximum absolute atomic E-state index is 2.63. The topological polar surface area (TPSA) is 3.24 Å². The molecule has 0 saturated heterocycles. The Labute approximate surface area is 362 Å². The Hall–Kier alpha value is -6.61. The molecule has 0 aromatic heterocycles. The van der Waals surface area contributed by atoms with E-state index in [0.717, 1.165) is 0 Å². The Bertz CT molecular complexity index is 3210. The van der Waals surface area contributed by atoms with E-state index in [1.807, 2.05) is 11.8 Å². The van der Waals surface area contributed by atoms with Crippen LogP contribution in [0.25, 0.3) is 44.2 Å². The smallest absolute Gasteiger partial charge is 0.0736 e. The molecule has 290 valence electrons. The molecule has 3 aliphatic carbocycles. The second kappa shape index (κ2) is 12.2. The van der Waals surface area contributed by atoms with Gasteiger partial charge in [0, 0.05) is 37.4 Å². The molecule has 2 heteroatoms. The highest BCUT2D eigenvalue weighted by Gasteiger charge is 2.51. The van der Waals surface area contributed by atoms with Crippen molar-refractivity contribution in [3.05, 3.63) is 233 Å². The highest BCUT2D eigenvalue weighted by atomic mass is 32.2. The number of fused-ring (bicyclic) bond motifs is 16. The van der Waals surface area contributed by atoms with Gasteiger partial charge in [0.1, 0.15) is 0 Å². The number of benzene rings is 9. The van der Waals surface area contributed by atoms with Gasteiger partial charge in [-0.2, -0.15) is 0 Å². The minimum atomic E-state index is -0.502. The molecule has 0 N–H and O–H groups in total. The summed E-state index contributed by atoms with van der Waals surface area (Å²) in [6.45, 7) is 9.58. The Morgan fingerprint density at radius 1 is 0.361 bits per heavy atom. The third kappa shape index (κ3) is 4.48. The molecule has 4 aliphatic rings. The molecule has 13 rings (SSSR count). The van der Waals surface area contributed by atoms with Crippen molar-refractivity contribution in [2.45, 2.75) is 53.7 Å². The van der Waals surface area contributed by atoms with Crippen LogP contribution in [0.15, 0.2) is 198 Å². The molecule has 0 unspecified atom stereocenters. The Morgan fingerprint density at radius 3 is 1.34 bits per heavy atom. The van der Waals surface area contributed by atoms with Crippen LogP contribution in [-0.2, 0) is 16.2 Å². The van der Waals surface area contributed by atoms with Crippen LogP contribution in [-0.4, -0.2) is 0 Å². The first-order valence-electron chi connectivity index (χ1n) is 21.6. The Kier molecular flexibility index (Phi) is 7.06. The van der Waals surface area contributed by atoms with Crippen LogP contribution in [0.4, 0.5) is 17.1 Å². The molecular formula is C59H43NS. The summed E-state index contributed by atoms with van der Waals surface area (Å²) in [6, 6.07) is 71.7. The molecule has 1 aliphatic heterocycles. The third-order valence-corrected chi connectivity index (χ3v) is 15.9. The molecule has 1 spiro atoms. The van der Waals surface area contributed by atoms with Gasteiger partial charge in [-0.25, -0.2) is 0 Å². The summed E-state index contributed by atoms with van der Waals surface area (Å²) in [7, 11) is 0. The summed E-state index contributed by atoms with van der Waals surface area (Å²) in [5.41, 5.74) is 21.7. The fourth-order valence-electron chi connectivity index (χ4n) is 11.9. The summed E-state index contributed by atoms with van der Waals surface area (Å²) in [5, 5.41) is 2.49. The van der Waals surface area contributed by atoms with E-state index in [1.54, 1.807) is 0 Å². The van der Waals surface area contributed by atoms with Gasteiger partial charge in [0.15, 0.2) is 0 Å². The first kappa shape index (κ1) is 35.2. The van der Waals surface area contributed by atoms with Gasteiger partial charge in [0.25, 0.3) is 0 Å². The first-order chi connectivity index (χ1) is 29.8. The molecule has 0 fully saturated rings. The molecule has 0 radical (unpaired) electrons. The molecule has 0 bridgehead atoms. The van der Waals surface area contributed by atoms with Gasteiger partial charge in [-0.15, -0.1) is 0 Å². The summed E-state index contributed by atoms with van der Waals surface area (Å²) in [5.74, 6) is 0. The van der Waals surface area contributed by atoms with E-state index in [4.69, 9.17) is 0 Å². The highest BCUT2D eigenvalue weighted by molar-refractivity contribution is 7.99. The van der Waals surface area contributed by atoms with Crippen molar-refractivity contribution in [1.82, 2.24) is 0 Å². The predicted octanol–water partition coefficient (Wildman–Crippen LogP) is 15.7. The molecule has 9 aromatic carbocycles. The zero-order valence-electron chi connectivity index (χ0n) is 34.8. The molecule has 0 amide bonds. The zero-order valence-corrected chi connectivity index (χ0v) is 35.6. The van der Waals surface area contributed by atoms with Crippen LogP contribution < -0.4 is 4.90 Å². The minimum absolute atomic E-state index is 0.150. The van der Waals surface area contributed by atoms with Crippen LogP contribution in [0.2, 0.25) is 0 Å². The number of rotatable bonds is 3. The van der Waals surface area contributed by atoms with E-state index in [-0.39, 0.29) is 10.8 Å². The van der Waals surface area contributed by atoms with Crippen molar-refractivity contribution in [3.8, 4) is 33.4 Å². The van der Waals surface area contributed by atoms with Crippen molar-refractivity contribution in [2.75, 3.05) is 4.90 Å². The van der Waals surface area contributed by atoms with Gasteiger partial charge < -0.3 is 4.90 Å². The van der Waals surface area contributed by atoms with Crippen LogP contribution in [0.3, 0.4) is 0 Å². The fraction of sp³-hybridized carbons (Fsp3) is 0.119. The number of anilines is 3. The third-order valence-electron chi connectivity index (χ3n) is 14.7. The Morgan fingerprint density at radius 2 is 0.787 bits per heavy atom. The number of hydrogen-bond donors (Lipinski definition) is 0.